The Bertz CT molecular complexity index is 1250. The summed E-state index contributed by atoms with van der Waals surface area (Å²) in [6, 6.07) is 17.6. The van der Waals surface area contributed by atoms with Crippen LogP contribution in [-0.4, -0.2) is 34.0 Å². The lowest BCUT2D eigenvalue weighted by molar-refractivity contribution is -0.124. The Balaban J connectivity index is 1.48. The van der Waals surface area contributed by atoms with E-state index in [-0.39, 0.29) is 11.9 Å². The highest BCUT2D eigenvalue weighted by Gasteiger charge is 2.60. The molecule has 0 aliphatic carbocycles. The summed E-state index contributed by atoms with van der Waals surface area (Å²) in [5, 5.41) is 11.9. The Morgan fingerprint density at radius 1 is 1.03 bits per heavy atom. The minimum atomic E-state index is -0.668. The Hall–Kier alpha value is -3.12. The Morgan fingerprint density at radius 2 is 1.78 bits per heavy atom. The maximum absolute atomic E-state index is 14.0. The van der Waals surface area contributed by atoms with Gasteiger partial charge in [-0.3, -0.25) is 4.79 Å². The van der Waals surface area contributed by atoms with Crippen LogP contribution in [0, 0.1) is 12.3 Å². The molecule has 0 radical (unpaired) electrons. The topological polar surface area (TPSA) is 53.7 Å². The molecule has 3 aliphatic rings. The van der Waals surface area contributed by atoms with E-state index in [1.54, 1.807) is 17.1 Å². The highest BCUT2D eigenvalue weighted by atomic mass is 35.5. The third-order valence-corrected chi connectivity index (χ3v) is 7.50. The van der Waals surface area contributed by atoms with Gasteiger partial charge in [-0.25, -0.2) is 4.68 Å². The predicted molar refractivity (Wildman–Crippen MR) is 127 cm³/mol. The van der Waals surface area contributed by atoms with Gasteiger partial charge in [-0.2, -0.15) is 15.2 Å². The van der Waals surface area contributed by atoms with Gasteiger partial charge in [-0.05, 0) is 69.5 Å². The number of hydrogen-bond donors (Lipinski definition) is 0. The van der Waals surface area contributed by atoms with Crippen LogP contribution in [-0.2, 0) is 11.2 Å². The fourth-order valence-corrected chi connectivity index (χ4v) is 5.83. The van der Waals surface area contributed by atoms with Gasteiger partial charge in [0, 0.05) is 17.1 Å². The zero-order chi connectivity index (χ0) is 22.0. The molecule has 2 atom stereocenters. The van der Waals surface area contributed by atoms with E-state index < -0.39 is 5.41 Å². The van der Waals surface area contributed by atoms with Crippen LogP contribution in [0.2, 0.25) is 5.02 Å². The third kappa shape index (κ3) is 2.56. The van der Waals surface area contributed by atoms with Crippen LogP contribution < -0.4 is 9.91 Å². The maximum atomic E-state index is 14.0. The van der Waals surface area contributed by atoms with Gasteiger partial charge in [0.25, 0.3) is 5.91 Å². The van der Waals surface area contributed by atoms with E-state index in [1.165, 1.54) is 0 Å². The van der Waals surface area contributed by atoms with Crippen LogP contribution in [0.25, 0.3) is 5.69 Å². The Labute approximate surface area is 192 Å². The molecule has 4 heterocycles. The zero-order valence-corrected chi connectivity index (χ0v) is 18.9. The van der Waals surface area contributed by atoms with E-state index in [1.807, 2.05) is 44.2 Å². The molecule has 6 rings (SSSR count). The van der Waals surface area contributed by atoms with Crippen LogP contribution in [0.5, 0.6) is 0 Å². The van der Waals surface area contributed by atoms with Crippen LogP contribution in [0.3, 0.4) is 0 Å². The molecule has 0 N–H and O–H groups in total. The molecule has 6 nitrogen and oxygen atoms in total. The van der Waals surface area contributed by atoms with Crippen LogP contribution in [0.15, 0.2) is 59.7 Å². The SMILES string of the molecule is CC1=NN(c2ccc(Cl)cc2)C(=O)[C@]12Cc1c(C)nn(-c3ccccc3)c1N1CCC[C@H]12. The number of benzene rings is 2. The van der Waals surface area contributed by atoms with Crippen molar-refractivity contribution in [2.24, 2.45) is 10.5 Å². The van der Waals surface area contributed by atoms with Gasteiger partial charge in [0.15, 0.2) is 0 Å². The summed E-state index contributed by atoms with van der Waals surface area (Å²) in [7, 11) is 0. The number of carbonyl (C=O) groups excluding carboxylic acids is 1. The van der Waals surface area contributed by atoms with Crippen LogP contribution in [0.4, 0.5) is 11.5 Å². The molecule has 0 bridgehead atoms. The summed E-state index contributed by atoms with van der Waals surface area (Å²) >= 11 is 6.07. The number of rotatable bonds is 2. The molecule has 2 aromatic carbocycles. The standard InChI is InChI=1S/C25H24ClN5O/c1-16-21-15-25(17(2)28-31(24(25)32)20-12-10-18(26)11-13-20)22-9-6-14-29(22)23(21)30(27-16)19-7-4-3-5-8-19/h3-5,7-8,10-13,22H,6,9,14-15H2,1-2H3/t22-,25+/m0/s1. The first kappa shape index (κ1) is 19.6. The zero-order valence-electron chi connectivity index (χ0n) is 18.1. The minimum absolute atomic E-state index is 0.0479. The van der Waals surface area contributed by atoms with Gasteiger partial charge >= 0.3 is 0 Å². The highest BCUT2D eigenvalue weighted by Crippen LogP contribution is 2.51. The second-order valence-corrected chi connectivity index (χ2v) is 9.35. The average Bonchev–Trinajstić information content (AvgIpc) is 3.48. The molecule has 0 saturated carbocycles. The number of amides is 1. The number of para-hydroxylation sites is 1. The number of aryl methyl sites for hydroxylation is 1. The number of aromatic nitrogens is 2. The molecule has 1 fully saturated rings. The first-order valence-electron chi connectivity index (χ1n) is 11.1. The van der Waals surface area contributed by atoms with E-state index in [0.717, 1.165) is 53.5 Å². The number of nitrogens with zero attached hydrogens (tertiary/aromatic N) is 5. The van der Waals surface area contributed by atoms with Crippen molar-refractivity contribution in [1.82, 2.24) is 9.78 Å². The number of carbonyl (C=O) groups is 1. The first-order valence-corrected chi connectivity index (χ1v) is 11.4. The molecule has 3 aromatic rings. The normalized spacial score (nSPS) is 24.2. The van der Waals surface area contributed by atoms with Crippen molar-refractivity contribution >= 4 is 34.7 Å². The lowest BCUT2D eigenvalue weighted by Gasteiger charge is -2.44. The fourth-order valence-electron chi connectivity index (χ4n) is 5.70. The summed E-state index contributed by atoms with van der Waals surface area (Å²) in [5.41, 5.74) is 4.13. The summed E-state index contributed by atoms with van der Waals surface area (Å²) < 4.78 is 2.05. The minimum Gasteiger partial charge on any atom is -0.352 e. The van der Waals surface area contributed by atoms with Gasteiger partial charge in [-0.15, -0.1) is 0 Å². The largest absolute Gasteiger partial charge is 0.352 e. The molecule has 3 aliphatic heterocycles. The Kier molecular flexibility index (Phi) is 4.24. The molecule has 1 saturated heterocycles. The van der Waals surface area contributed by atoms with Gasteiger partial charge in [-0.1, -0.05) is 29.8 Å². The van der Waals surface area contributed by atoms with Gasteiger partial charge in [0.1, 0.15) is 11.2 Å². The molecule has 32 heavy (non-hydrogen) atoms. The van der Waals surface area contributed by atoms with E-state index in [0.29, 0.717) is 11.4 Å². The summed E-state index contributed by atoms with van der Waals surface area (Å²) in [4.78, 5) is 16.5. The molecule has 1 amide bonds. The third-order valence-electron chi connectivity index (χ3n) is 7.25. The lowest BCUT2D eigenvalue weighted by Crippen LogP contribution is -2.57. The molecule has 0 unspecified atom stereocenters. The Morgan fingerprint density at radius 3 is 2.53 bits per heavy atom. The maximum Gasteiger partial charge on any atom is 0.261 e. The van der Waals surface area contributed by atoms with Crippen molar-refractivity contribution < 1.29 is 4.79 Å². The van der Waals surface area contributed by atoms with Crippen molar-refractivity contribution in [3.63, 3.8) is 0 Å². The first-order chi connectivity index (χ1) is 15.5. The predicted octanol–water partition coefficient (Wildman–Crippen LogP) is 4.77. The van der Waals surface area contributed by atoms with Crippen molar-refractivity contribution in [3.8, 4) is 5.69 Å². The number of anilines is 2. The summed E-state index contributed by atoms with van der Waals surface area (Å²) in [6.45, 7) is 4.97. The molecule has 162 valence electrons. The highest BCUT2D eigenvalue weighted by molar-refractivity contribution is 6.30. The van der Waals surface area contributed by atoms with E-state index in [9.17, 15) is 4.79 Å². The number of hydrogen-bond acceptors (Lipinski definition) is 4. The quantitative estimate of drug-likeness (QED) is 0.571. The van der Waals surface area contributed by atoms with Gasteiger partial charge in [0.05, 0.1) is 28.8 Å². The van der Waals surface area contributed by atoms with E-state index in [4.69, 9.17) is 21.8 Å². The van der Waals surface area contributed by atoms with Crippen molar-refractivity contribution in [2.75, 3.05) is 16.5 Å². The monoisotopic (exact) mass is 445 g/mol. The van der Waals surface area contributed by atoms with E-state index in [2.05, 4.69) is 21.7 Å². The average molecular weight is 446 g/mol. The van der Waals surface area contributed by atoms with Crippen LogP contribution >= 0.6 is 11.6 Å². The second-order valence-electron chi connectivity index (χ2n) is 8.91. The molecule has 1 spiro atoms. The fraction of sp³-hybridized carbons (Fsp3) is 0.320. The molecule has 1 aromatic heterocycles. The molecular weight excluding hydrogens is 422 g/mol. The second kappa shape index (κ2) is 6.94. The number of halogens is 1. The van der Waals surface area contributed by atoms with Gasteiger partial charge < -0.3 is 4.90 Å². The molecule has 7 heteroatoms. The van der Waals surface area contributed by atoms with Crippen molar-refractivity contribution in [2.45, 2.75) is 39.2 Å². The summed E-state index contributed by atoms with van der Waals surface area (Å²) in [6.07, 6.45) is 2.64. The number of fused-ring (bicyclic) bond motifs is 4. The van der Waals surface area contributed by atoms with Crippen LogP contribution in [0.1, 0.15) is 31.0 Å². The van der Waals surface area contributed by atoms with Gasteiger partial charge in [0.2, 0.25) is 0 Å². The van der Waals surface area contributed by atoms with E-state index >= 15 is 0 Å². The summed E-state index contributed by atoms with van der Waals surface area (Å²) in [5.74, 6) is 1.18. The smallest absolute Gasteiger partial charge is 0.261 e. The molecular formula is C25H24ClN5O. The van der Waals surface area contributed by atoms with Crippen molar-refractivity contribution in [1.29, 1.82) is 0 Å². The number of hydrazone groups is 1. The lowest BCUT2D eigenvalue weighted by atomic mass is 9.68. The van der Waals surface area contributed by atoms with Crippen molar-refractivity contribution in [3.05, 3.63) is 70.9 Å².